The average Bonchev–Trinajstić information content (AvgIpc) is 2.47. The first-order chi connectivity index (χ1) is 10.9. The van der Waals surface area contributed by atoms with Crippen LogP contribution in [0, 0.1) is 5.41 Å². The molecule has 4 heteroatoms. The number of ether oxygens (including phenoxy) is 2. The van der Waals surface area contributed by atoms with Gasteiger partial charge in [0.1, 0.15) is 11.5 Å². The predicted molar refractivity (Wildman–Crippen MR) is 102 cm³/mol. The quantitative estimate of drug-likeness (QED) is 0.480. The molecule has 0 amide bonds. The van der Waals surface area contributed by atoms with E-state index in [4.69, 9.17) is 9.47 Å². The first-order valence-electron chi connectivity index (χ1n) is 7.38. The molecule has 0 fully saturated rings. The third-order valence-electron chi connectivity index (χ3n) is 3.12. The van der Waals surface area contributed by atoms with Crippen molar-refractivity contribution in [1.29, 1.82) is 0 Å². The van der Waals surface area contributed by atoms with Crippen LogP contribution in [0.4, 0.5) is 0 Å². The Bertz CT molecular complexity index is 647. The fourth-order valence-electron chi connectivity index (χ4n) is 2.09. The molecule has 122 valence electrons. The van der Waals surface area contributed by atoms with Crippen molar-refractivity contribution in [3.63, 3.8) is 0 Å². The molecule has 0 aliphatic heterocycles. The molecular formula is C19H20Br2O2. The molecule has 0 aromatic heterocycles. The van der Waals surface area contributed by atoms with Gasteiger partial charge < -0.3 is 9.47 Å². The van der Waals surface area contributed by atoms with Gasteiger partial charge >= 0.3 is 0 Å². The SMILES string of the molecule is CC(C)(C=C(Br)Br)COCc1cccc(Oc2ccccc2)c1. The van der Waals surface area contributed by atoms with E-state index < -0.39 is 0 Å². The molecule has 0 aliphatic carbocycles. The van der Waals surface area contributed by atoms with Gasteiger partial charge in [-0.2, -0.15) is 0 Å². The lowest BCUT2D eigenvalue weighted by Gasteiger charge is -2.20. The van der Waals surface area contributed by atoms with Crippen molar-refractivity contribution in [2.75, 3.05) is 6.61 Å². The van der Waals surface area contributed by atoms with Crippen LogP contribution in [0.1, 0.15) is 19.4 Å². The van der Waals surface area contributed by atoms with Gasteiger partial charge in [-0.05, 0) is 61.7 Å². The summed E-state index contributed by atoms with van der Waals surface area (Å²) in [6.45, 7) is 5.45. The Morgan fingerprint density at radius 3 is 2.39 bits per heavy atom. The molecule has 2 rings (SSSR count). The molecule has 0 bridgehead atoms. The van der Waals surface area contributed by atoms with E-state index >= 15 is 0 Å². The second-order valence-corrected chi connectivity index (χ2v) is 8.75. The van der Waals surface area contributed by atoms with Gasteiger partial charge in [0.15, 0.2) is 0 Å². The van der Waals surface area contributed by atoms with Gasteiger partial charge in [0.05, 0.1) is 16.6 Å². The summed E-state index contributed by atoms with van der Waals surface area (Å²) in [5.41, 5.74) is 1.05. The highest BCUT2D eigenvalue weighted by molar-refractivity contribution is 9.28. The van der Waals surface area contributed by atoms with Gasteiger partial charge in [-0.15, -0.1) is 0 Å². The van der Waals surface area contributed by atoms with Crippen LogP contribution in [0.5, 0.6) is 11.5 Å². The maximum absolute atomic E-state index is 5.85. The maximum Gasteiger partial charge on any atom is 0.127 e. The van der Waals surface area contributed by atoms with E-state index in [0.29, 0.717) is 13.2 Å². The average molecular weight is 440 g/mol. The molecule has 0 N–H and O–H groups in total. The molecule has 0 heterocycles. The molecule has 0 aliphatic rings. The van der Waals surface area contributed by atoms with E-state index in [1.54, 1.807) is 0 Å². The number of para-hydroxylation sites is 1. The topological polar surface area (TPSA) is 18.5 Å². The molecule has 0 unspecified atom stereocenters. The molecular weight excluding hydrogens is 420 g/mol. The van der Waals surface area contributed by atoms with Crippen molar-refractivity contribution >= 4 is 31.9 Å². The summed E-state index contributed by atoms with van der Waals surface area (Å²) in [5, 5.41) is 0. The molecule has 0 radical (unpaired) electrons. The Kier molecular flexibility index (Phi) is 6.88. The van der Waals surface area contributed by atoms with Gasteiger partial charge in [0.25, 0.3) is 0 Å². The van der Waals surface area contributed by atoms with Crippen LogP contribution in [0.25, 0.3) is 0 Å². The zero-order chi connectivity index (χ0) is 16.7. The summed E-state index contributed by atoms with van der Waals surface area (Å²) in [4.78, 5) is 0. The maximum atomic E-state index is 5.85. The van der Waals surface area contributed by atoms with E-state index in [2.05, 4.69) is 51.8 Å². The van der Waals surface area contributed by atoms with E-state index in [0.717, 1.165) is 20.5 Å². The van der Waals surface area contributed by atoms with Crippen LogP contribution in [0.15, 0.2) is 64.1 Å². The summed E-state index contributed by atoms with van der Waals surface area (Å²) in [5.74, 6) is 1.65. The normalized spacial score (nSPS) is 11.1. The van der Waals surface area contributed by atoms with Crippen molar-refractivity contribution < 1.29 is 9.47 Å². The van der Waals surface area contributed by atoms with Gasteiger partial charge in [0.2, 0.25) is 0 Å². The highest BCUT2D eigenvalue weighted by atomic mass is 79.9. The molecule has 0 saturated carbocycles. The Morgan fingerprint density at radius 2 is 1.70 bits per heavy atom. The van der Waals surface area contributed by atoms with Crippen molar-refractivity contribution in [3.8, 4) is 11.5 Å². The molecule has 2 aromatic carbocycles. The number of rotatable bonds is 7. The summed E-state index contributed by atoms with van der Waals surface area (Å²) in [7, 11) is 0. The Labute approximate surface area is 154 Å². The predicted octanol–water partition coefficient (Wildman–Crippen LogP) is 6.65. The number of hydrogen-bond acceptors (Lipinski definition) is 2. The van der Waals surface area contributed by atoms with Crippen molar-refractivity contribution in [2.45, 2.75) is 20.5 Å². The zero-order valence-electron chi connectivity index (χ0n) is 13.3. The summed E-state index contributed by atoms with van der Waals surface area (Å²) < 4.78 is 12.6. The third-order valence-corrected chi connectivity index (χ3v) is 3.58. The van der Waals surface area contributed by atoms with Crippen LogP contribution >= 0.6 is 31.9 Å². The molecule has 0 spiro atoms. The van der Waals surface area contributed by atoms with E-state index in [1.165, 1.54) is 0 Å². The van der Waals surface area contributed by atoms with Crippen LogP contribution in [-0.2, 0) is 11.3 Å². The van der Waals surface area contributed by atoms with Crippen LogP contribution < -0.4 is 4.74 Å². The number of hydrogen-bond donors (Lipinski definition) is 0. The van der Waals surface area contributed by atoms with E-state index in [9.17, 15) is 0 Å². The lowest BCUT2D eigenvalue weighted by Crippen LogP contribution is -2.16. The van der Waals surface area contributed by atoms with Crippen molar-refractivity contribution in [3.05, 3.63) is 69.6 Å². The zero-order valence-corrected chi connectivity index (χ0v) is 16.4. The lowest BCUT2D eigenvalue weighted by molar-refractivity contribution is 0.0717. The second-order valence-electron chi connectivity index (χ2n) is 5.98. The molecule has 23 heavy (non-hydrogen) atoms. The fraction of sp³-hybridized carbons (Fsp3) is 0.263. The highest BCUT2D eigenvalue weighted by Crippen LogP contribution is 2.26. The minimum Gasteiger partial charge on any atom is -0.457 e. The standard InChI is InChI=1S/C19H20Br2O2/c1-19(2,12-18(20)21)14-22-13-15-7-6-10-17(11-15)23-16-8-4-3-5-9-16/h3-12H,13-14H2,1-2H3. The number of benzene rings is 2. The minimum absolute atomic E-state index is 0.0412. The van der Waals surface area contributed by atoms with Crippen LogP contribution in [0.3, 0.4) is 0 Å². The first kappa shape index (κ1) is 18.2. The van der Waals surface area contributed by atoms with Gasteiger partial charge in [-0.1, -0.05) is 50.3 Å². The Morgan fingerprint density at radius 1 is 1.00 bits per heavy atom. The summed E-state index contributed by atoms with van der Waals surface area (Å²) in [6, 6.07) is 17.8. The molecule has 0 saturated heterocycles. The molecule has 0 atom stereocenters. The van der Waals surface area contributed by atoms with Gasteiger partial charge in [0, 0.05) is 5.41 Å². The summed E-state index contributed by atoms with van der Waals surface area (Å²) in [6.07, 6.45) is 2.09. The highest BCUT2D eigenvalue weighted by Gasteiger charge is 2.15. The molecule has 2 aromatic rings. The Balaban J connectivity index is 1.92. The first-order valence-corrected chi connectivity index (χ1v) is 8.97. The largest absolute Gasteiger partial charge is 0.457 e. The fourth-order valence-corrected chi connectivity index (χ4v) is 3.33. The monoisotopic (exact) mass is 438 g/mol. The Hall–Kier alpha value is -1.10. The summed E-state index contributed by atoms with van der Waals surface area (Å²) >= 11 is 6.79. The van der Waals surface area contributed by atoms with Gasteiger partial charge in [-0.25, -0.2) is 0 Å². The second kappa shape index (κ2) is 8.67. The van der Waals surface area contributed by atoms with Crippen molar-refractivity contribution in [2.24, 2.45) is 5.41 Å². The molecule has 2 nitrogen and oxygen atoms in total. The van der Waals surface area contributed by atoms with Gasteiger partial charge in [-0.3, -0.25) is 0 Å². The van der Waals surface area contributed by atoms with Crippen LogP contribution in [0.2, 0.25) is 0 Å². The van der Waals surface area contributed by atoms with Crippen LogP contribution in [-0.4, -0.2) is 6.61 Å². The lowest BCUT2D eigenvalue weighted by atomic mass is 9.95. The third kappa shape index (κ3) is 6.90. The minimum atomic E-state index is -0.0412. The van der Waals surface area contributed by atoms with E-state index in [1.807, 2.05) is 54.6 Å². The van der Waals surface area contributed by atoms with E-state index in [-0.39, 0.29) is 5.41 Å². The number of halogens is 2. The van der Waals surface area contributed by atoms with Crippen molar-refractivity contribution in [1.82, 2.24) is 0 Å². The smallest absolute Gasteiger partial charge is 0.127 e.